The van der Waals surface area contributed by atoms with Gasteiger partial charge in [0.05, 0.1) is 6.54 Å². The summed E-state index contributed by atoms with van der Waals surface area (Å²) in [6, 6.07) is 5.08. The van der Waals surface area contributed by atoms with Gasteiger partial charge in [0, 0.05) is 5.69 Å². The zero-order chi connectivity index (χ0) is 16.0. The monoisotopic (exact) mass is 292 g/mol. The Morgan fingerprint density at radius 2 is 1.76 bits per heavy atom. The fraction of sp³-hybridized carbons (Fsp3) is 0.500. The van der Waals surface area contributed by atoms with Crippen LogP contribution in [0.2, 0.25) is 0 Å². The van der Waals surface area contributed by atoms with E-state index in [9.17, 15) is 9.59 Å². The molecule has 1 aromatic rings. The molecule has 0 aliphatic heterocycles. The Labute approximate surface area is 125 Å². The van der Waals surface area contributed by atoms with E-state index in [-0.39, 0.29) is 18.4 Å². The second-order valence-electron chi connectivity index (χ2n) is 5.51. The van der Waals surface area contributed by atoms with Crippen molar-refractivity contribution in [2.45, 2.75) is 40.2 Å². The first-order chi connectivity index (χ1) is 9.83. The number of amides is 1. The maximum Gasteiger partial charge on any atom is 0.320 e. The smallest absolute Gasteiger partial charge is 0.320 e. The Bertz CT molecular complexity index is 494. The van der Waals surface area contributed by atoms with E-state index in [1.807, 2.05) is 45.9 Å². The number of carboxylic acids is 1. The van der Waals surface area contributed by atoms with E-state index in [2.05, 4.69) is 10.6 Å². The number of aryl methyl sites for hydroxylation is 2. The SMILES string of the molecule is CC[C@H](C)[C@H](NCC(=O)Nc1cc(C)cc(C)c1)C(=O)O. The van der Waals surface area contributed by atoms with Crippen molar-refractivity contribution in [3.63, 3.8) is 0 Å². The molecule has 0 aliphatic carbocycles. The van der Waals surface area contributed by atoms with Gasteiger partial charge < -0.3 is 10.4 Å². The fourth-order valence-corrected chi connectivity index (χ4v) is 2.22. The second kappa shape index (κ2) is 7.78. The lowest BCUT2D eigenvalue weighted by Crippen LogP contribution is -2.45. The first-order valence-electron chi connectivity index (χ1n) is 7.17. The summed E-state index contributed by atoms with van der Waals surface area (Å²) < 4.78 is 0. The van der Waals surface area contributed by atoms with E-state index in [4.69, 9.17) is 5.11 Å². The maximum atomic E-state index is 11.9. The van der Waals surface area contributed by atoms with E-state index >= 15 is 0 Å². The third-order valence-electron chi connectivity index (χ3n) is 3.47. The molecule has 0 heterocycles. The molecule has 3 N–H and O–H groups in total. The van der Waals surface area contributed by atoms with Gasteiger partial charge in [0.1, 0.15) is 6.04 Å². The van der Waals surface area contributed by atoms with Crippen LogP contribution in [-0.4, -0.2) is 29.6 Å². The maximum absolute atomic E-state index is 11.9. The minimum atomic E-state index is -0.927. The van der Waals surface area contributed by atoms with Gasteiger partial charge >= 0.3 is 5.97 Å². The van der Waals surface area contributed by atoms with Crippen LogP contribution in [0.25, 0.3) is 0 Å². The van der Waals surface area contributed by atoms with Crippen molar-refractivity contribution in [3.05, 3.63) is 29.3 Å². The van der Waals surface area contributed by atoms with Crippen molar-refractivity contribution in [1.29, 1.82) is 0 Å². The van der Waals surface area contributed by atoms with Crippen LogP contribution in [0.4, 0.5) is 5.69 Å². The van der Waals surface area contributed by atoms with Gasteiger partial charge in [-0.25, -0.2) is 0 Å². The van der Waals surface area contributed by atoms with Gasteiger partial charge in [0.25, 0.3) is 0 Å². The topological polar surface area (TPSA) is 78.4 Å². The number of benzene rings is 1. The summed E-state index contributed by atoms with van der Waals surface area (Å²) in [6.07, 6.45) is 0.739. The Balaban J connectivity index is 2.58. The molecule has 1 aromatic carbocycles. The van der Waals surface area contributed by atoms with Crippen molar-refractivity contribution in [1.82, 2.24) is 5.32 Å². The van der Waals surface area contributed by atoms with Gasteiger partial charge in [-0.15, -0.1) is 0 Å². The number of rotatable bonds is 7. The number of anilines is 1. The Morgan fingerprint density at radius 1 is 1.19 bits per heavy atom. The van der Waals surface area contributed by atoms with Crippen LogP contribution in [0.5, 0.6) is 0 Å². The number of hydrogen-bond donors (Lipinski definition) is 3. The van der Waals surface area contributed by atoms with Crippen molar-refractivity contribution in [2.75, 3.05) is 11.9 Å². The molecule has 0 spiro atoms. The van der Waals surface area contributed by atoms with Gasteiger partial charge in [-0.05, 0) is 43.0 Å². The quantitative estimate of drug-likeness (QED) is 0.720. The zero-order valence-corrected chi connectivity index (χ0v) is 13.1. The predicted octanol–water partition coefficient (Wildman–Crippen LogP) is 2.33. The van der Waals surface area contributed by atoms with Crippen LogP contribution < -0.4 is 10.6 Å². The standard InChI is InChI=1S/C16H24N2O3/c1-5-12(4)15(16(20)21)17-9-14(19)18-13-7-10(2)6-11(3)8-13/h6-8,12,15,17H,5,9H2,1-4H3,(H,18,19)(H,20,21)/t12-,15-/m0/s1. The number of nitrogens with one attached hydrogen (secondary N) is 2. The van der Waals surface area contributed by atoms with Gasteiger partial charge in [0.2, 0.25) is 5.91 Å². The van der Waals surface area contributed by atoms with E-state index in [0.717, 1.165) is 23.2 Å². The molecule has 0 saturated heterocycles. The van der Waals surface area contributed by atoms with E-state index < -0.39 is 12.0 Å². The Morgan fingerprint density at radius 3 is 2.24 bits per heavy atom. The largest absolute Gasteiger partial charge is 0.480 e. The summed E-state index contributed by atoms with van der Waals surface area (Å²) in [5.41, 5.74) is 2.87. The number of carboxylic acid groups (broad SMARTS) is 1. The van der Waals surface area contributed by atoms with Crippen LogP contribution in [-0.2, 0) is 9.59 Å². The van der Waals surface area contributed by atoms with Gasteiger partial charge in [0.15, 0.2) is 0 Å². The lowest BCUT2D eigenvalue weighted by Gasteiger charge is -2.19. The highest BCUT2D eigenvalue weighted by Gasteiger charge is 2.23. The molecule has 1 rings (SSSR count). The molecule has 5 heteroatoms. The minimum absolute atomic E-state index is 0.0195. The minimum Gasteiger partial charge on any atom is -0.480 e. The van der Waals surface area contributed by atoms with Crippen molar-refractivity contribution >= 4 is 17.6 Å². The highest BCUT2D eigenvalue weighted by Crippen LogP contribution is 2.13. The molecular formula is C16H24N2O3. The van der Waals surface area contributed by atoms with E-state index in [1.54, 1.807) is 0 Å². The average Bonchev–Trinajstić information content (AvgIpc) is 2.36. The molecular weight excluding hydrogens is 268 g/mol. The first-order valence-corrected chi connectivity index (χ1v) is 7.17. The molecule has 116 valence electrons. The fourth-order valence-electron chi connectivity index (χ4n) is 2.22. The van der Waals surface area contributed by atoms with E-state index in [0.29, 0.717) is 0 Å². The van der Waals surface area contributed by atoms with Crippen molar-refractivity contribution < 1.29 is 14.7 Å². The highest BCUT2D eigenvalue weighted by atomic mass is 16.4. The summed E-state index contributed by atoms with van der Waals surface area (Å²) in [6.45, 7) is 7.69. The number of hydrogen-bond acceptors (Lipinski definition) is 3. The van der Waals surface area contributed by atoms with Crippen LogP contribution in [0.3, 0.4) is 0 Å². The van der Waals surface area contributed by atoms with Crippen LogP contribution in [0.1, 0.15) is 31.4 Å². The molecule has 2 atom stereocenters. The Kier molecular flexibility index (Phi) is 6.37. The lowest BCUT2D eigenvalue weighted by atomic mass is 9.99. The molecule has 0 aromatic heterocycles. The summed E-state index contributed by atoms with van der Waals surface area (Å²) >= 11 is 0. The molecule has 5 nitrogen and oxygen atoms in total. The number of aliphatic carboxylic acids is 1. The predicted molar refractivity (Wildman–Crippen MR) is 83.4 cm³/mol. The normalized spacial score (nSPS) is 13.5. The van der Waals surface area contributed by atoms with Crippen LogP contribution in [0, 0.1) is 19.8 Å². The molecule has 0 unspecified atom stereocenters. The van der Waals surface area contributed by atoms with Crippen molar-refractivity contribution in [3.8, 4) is 0 Å². The summed E-state index contributed by atoms with van der Waals surface area (Å²) in [4.78, 5) is 23.1. The summed E-state index contributed by atoms with van der Waals surface area (Å²) in [5.74, 6) is -1.20. The zero-order valence-electron chi connectivity index (χ0n) is 13.1. The molecule has 0 saturated carbocycles. The van der Waals surface area contributed by atoms with E-state index in [1.165, 1.54) is 0 Å². The van der Waals surface area contributed by atoms with Gasteiger partial charge in [-0.2, -0.15) is 0 Å². The summed E-state index contributed by atoms with van der Waals surface area (Å²) in [7, 11) is 0. The lowest BCUT2D eigenvalue weighted by molar-refractivity contribution is -0.140. The summed E-state index contributed by atoms with van der Waals surface area (Å²) in [5, 5.41) is 14.7. The Hall–Kier alpha value is -1.88. The second-order valence-corrected chi connectivity index (χ2v) is 5.51. The number of carbonyl (C=O) groups excluding carboxylic acids is 1. The van der Waals surface area contributed by atoms with Crippen LogP contribution >= 0.6 is 0 Å². The average molecular weight is 292 g/mol. The first kappa shape index (κ1) is 17.2. The third kappa shape index (κ3) is 5.55. The molecule has 0 radical (unpaired) electrons. The number of carbonyl (C=O) groups is 2. The molecule has 0 bridgehead atoms. The molecule has 0 aliphatic rings. The highest BCUT2D eigenvalue weighted by molar-refractivity contribution is 5.92. The molecule has 21 heavy (non-hydrogen) atoms. The third-order valence-corrected chi connectivity index (χ3v) is 3.47. The molecule has 0 fully saturated rings. The van der Waals surface area contributed by atoms with Crippen LogP contribution in [0.15, 0.2) is 18.2 Å². The molecule has 1 amide bonds. The van der Waals surface area contributed by atoms with Crippen molar-refractivity contribution in [2.24, 2.45) is 5.92 Å². The van der Waals surface area contributed by atoms with Gasteiger partial charge in [-0.3, -0.25) is 14.9 Å². The van der Waals surface area contributed by atoms with Gasteiger partial charge in [-0.1, -0.05) is 26.3 Å².